The molecule has 6 heteroatoms. The van der Waals surface area contributed by atoms with Crippen LogP contribution in [-0.4, -0.2) is 10.9 Å². The van der Waals surface area contributed by atoms with E-state index in [-0.39, 0.29) is 18.2 Å². The van der Waals surface area contributed by atoms with Crippen LogP contribution < -0.4 is 5.32 Å². The van der Waals surface area contributed by atoms with E-state index in [1.807, 2.05) is 24.4 Å². The van der Waals surface area contributed by atoms with Crippen LogP contribution in [0.2, 0.25) is 10.0 Å². The van der Waals surface area contributed by atoms with Crippen LogP contribution in [-0.2, 0) is 17.8 Å². The van der Waals surface area contributed by atoms with Gasteiger partial charge in [-0.15, -0.1) is 0 Å². The van der Waals surface area contributed by atoms with Gasteiger partial charge in [0, 0.05) is 29.4 Å². The van der Waals surface area contributed by atoms with Gasteiger partial charge in [-0.1, -0.05) is 54.4 Å². The molecule has 4 rings (SSSR count). The molecule has 0 bridgehead atoms. The van der Waals surface area contributed by atoms with Crippen molar-refractivity contribution in [2.45, 2.75) is 32.2 Å². The molecule has 4 aromatic rings. The molecular formula is C24H22Cl2N2O2. The Balaban J connectivity index is 1.68. The summed E-state index contributed by atoms with van der Waals surface area (Å²) in [7, 11) is 0. The maximum Gasteiger partial charge on any atom is 0.221 e. The molecule has 1 atom stereocenters. The molecule has 0 radical (unpaired) electrons. The van der Waals surface area contributed by atoms with Gasteiger partial charge in [0.1, 0.15) is 5.76 Å². The molecular weight excluding hydrogens is 419 g/mol. The van der Waals surface area contributed by atoms with Crippen molar-refractivity contribution in [3.05, 3.63) is 93.5 Å². The third kappa shape index (κ3) is 4.25. The lowest BCUT2D eigenvalue weighted by atomic mass is 9.87. The third-order valence-corrected chi connectivity index (χ3v) is 6.10. The lowest BCUT2D eigenvalue weighted by Crippen LogP contribution is -2.24. The van der Waals surface area contributed by atoms with Gasteiger partial charge in [-0.05, 0) is 47.4 Å². The Kier molecular flexibility index (Phi) is 6.16. The number of carbonyl (C=O) groups is 1. The number of aromatic nitrogens is 1. The number of aromatic amines is 1. The first-order valence-electron chi connectivity index (χ1n) is 9.89. The minimum Gasteiger partial charge on any atom is -0.467 e. The molecule has 0 saturated carbocycles. The van der Waals surface area contributed by atoms with Crippen LogP contribution in [0.15, 0.2) is 65.4 Å². The topological polar surface area (TPSA) is 58.0 Å². The van der Waals surface area contributed by atoms with Gasteiger partial charge in [-0.3, -0.25) is 4.79 Å². The minimum atomic E-state index is -0.169. The van der Waals surface area contributed by atoms with E-state index in [9.17, 15) is 4.79 Å². The van der Waals surface area contributed by atoms with Crippen molar-refractivity contribution >= 4 is 40.0 Å². The number of furan rings is 1. The van der Waals surface area contributed by atoms with Crippen molar-refractivity contribution in [3.63, 3.8) is 0 Å². The summed E-state index contributed by atoms with van der Waals surface area (Å²) in [6.45, 7) is 2.49. The standard InChI is InChI=1S/C24H22Cl2N2O2/c1-2-15-5-3-7-18-20(14-28-24(15)18)19(16-8-9-21(25)22(26)11-16)12-23(29)27-13-17-6-4-10-30-17/h3-11,14,19,28H,2,12-13H2,1H3,(H,27,29)/t19-/m0/s1. The fraction of sp³-hybridized carbons (Fsp3) is 0.208. The van der Waals surface area contributed by atoms with E-state index in [0.29, 0.717) is 22.4 Å². The number of hydrogen-bond donors (Lipinski definition) is 2. The Labute approximate surface area is 185 Å². The van der Waals surface area contributed by atoms with E-state index in [1.54, 1.807) is 18.4 Å². The number of aryl methyl sites for hydroxylation is 1. The number of H-pyrrole nitrogens is 1. The zero-order chi connectivity index (χ0) is 21.1. The van der Waals surface area contributed by atoms with E-state index in [2.05, 4.69) is 35.4 Å². The highest BCUT2D eigenvalue weighted by Crippen LogP contribution is 2.36. The van der Waals surface area contributed by atoms with Gasteiger partial charge in [0.2, 0.25) is 5.91 Å². The monoisotopic (exact) mass is 440 g/mol. The summed E-state index contributed by atoms with van der Waals surface area (Å²) < 4.78 is 5.31. The summed E-state index contributed by atoms with van der Waals surface area (Å²) in [5, 5.41) is 5.03. The molecule has 0 aliphatic carbocycles. The summed E-state index contributed by atoms with van der Waals surface area (Å²) >= 11 is 12.4. The van der Waals surface area contributed by atoms with Gasteiger partial charge >= 0.3 is 0 Å². The first-order chi connectivity index (χ1) is 14.6. The molecule has 2 N–H and O–H groups in total. The molecule has 30 heavy (non-hydrogen) atoms. The van der Waals surface area contributed by atoms with Crippen LogP contribution >= 0.6 is 23.2 Å². The Morgan fingerprint density at radius 1 is 1.13 bits per heavy atom. The number of hydrogen-bond acceptors (Lipinski definition) is 2. The molecule has 0 spiro atoms. The summed E-state index contributed by atoms with van der Waals surface area (Å²) in [6.07, 6.45) is 4.80. The number of halogens is 2. The normalized spacial score (nSPS) is 12.2. The largest absolute Gasteiger partial charge is 0.467 e. The third-order valence-electron chi connectivity index (χ3n) is 5.37. The van der Waals surface area contributed by atoms with Crippen LogP contribution in [0.1, 0.15) is 41.7 Å². The van der Waals surface area contributed by atoms with Crippen LogP contribution in [0, 0.1) is 0 Å². The second-order valence-electron chi connectivity index (χ2n) is 7.22. The molecule has 0 unspecified atom stereocenters. The quantitative estimate of drug-likeness (QED) is 0.345. The van der Waals surface area contributed by atoms with Crippen molar-refractivity contribution in [2.24, 2.45) is 0 Å². The Morgan fingerprint density at radius 3 is 2.73 bits per heavy atom. The lowest BCUT2D eigenvalue weighted by Gasteiger charge is -2.18. The van der Waals surface area contributed by atoms with Crippen molar-refractivity contribution < 1.29 is 9.21 Å². The smallest absolute Gasteiger partial charge is 0.221 e. The SMILES string of the molecule is CCc1cccc2c([C@@H](CC(=O)NCc3ccco3)c3ccc(Cl)c(Cl)c3)c[nH]c12. The number of nitrogens with one attached hydrogen (secondary N) is 2. The average Bonchev–Trinajstić information content (AvgIpc) is 3.42. The second kappa shape index (κ2) is 8.99. The van der Waals surface area contributed by atoms with Gasteiger partial charge in [0.15, 0.2) is 0 Å². The predicted molar refractivity (Wildman–Crippen MR) is 121 cm³/mol. The fourth-order valence-corrected chi connectivity index (χ4v) is 4.12. The highest BCUT2D eigenvalue weighted by atomic mass is 35.5. The lowest BCUT2D eigenvalue weighted by molar-refractivity contribution is -0.121. The summed E-state index contributed by atoms with van der Waals surface area (Å²) in [6, 6.07) is 15.5. The van der Waals surface area contributed by atoms with Crippen LogP contribution in [0.5, 0.6) is 0 Å². The van der Waals surface area contributed by atoms with Crippen molar-refractivity contribution in [3.8, 4) is 0 Å². The Morgan fingerprint density at radius 2 is 2.00 bits per heavy atom. The maximum absolute atomic E-state index is 12.8. The number of fused-ring (bicyclic) bond motifs is 1. The summed E-state index contributed by atoms with van der Waals surface area (Å²) in [4.78, 5) is 16.2. The molecule has 0 aliphatic heterocycles. The van der Waals surface area contributed by atoms with E-state index in [0.717, 1.165) is 28.5 Å². The highest BCUT2D eigenvalue weighted by Gasteiger charge is 2.23. The summed E-state index contributed by atoms with van der Waals surface area (Å²) in [5.74, 6) is 0.481. The minimum absolute atomic E-state index is 0.0662. The second-order valence-corrected chi connectivity index (χ2v) is 8.04. The molecule has 2 heterocycles. The maximum atomic E-state index is 12.8. The van der Waals surface area contributed by atoms with Gasteiger partial charge in [-0.25, -0.2) is 0 Å². The summed E-state index contributed by atoms with van der Waals surface area (Å²) in [5.41, 5.74) is 4.36. The van der Waals surface area contributed by atoms with Crippen molar-refractivity contribution in [1.82, 2.24) is 10.3 Å². The molecule has 0 fully saturated rings. The Bertz CT molecular complexity index is 1170. The predicted octanol–water partition coefficient (Wildman–Crippen LogP) is 6.47. The number of carbonyl (C=O) groups excluding carboxylic acids is 1. The number of benzene rings is 2. The zero-order valence-corrected chi connectivity index (χ0v) is 18.1. The molecule has 2 aromatic heterocycles. The molecule has 2 aromatic carbocycles. The molecule has 1 amide bonds. The molecule has 0 aliphatic rings. The van der Waals surface area contributed by atoms with E-state index in [4.69, 9.17) is 27.6 Å². The van der Waals surface area contributed by atoms with E-state index in [1.165, 1.54) is 5.56 Å². The van der Waals surface area contributed by atoms with Gasteiger partial charge < -0.3 is 14.7 Å². The van der Waals surface area contributed by atoms with Gasteiger partial charge in [0.25, 0.3) is 0 Å². The van der Waals surface area contributed by atoms with Crippen LogP contribution in [0.3, 0.4) is 0 Å². The first-order valence-corrected chi connectivity index (χ1v) is 10.6. The van der Waals surface area contributed by atoms with Crippen LogP contribution in [0.25, 0.3) is 10.9 Å². The van der Waals surface area contributed by atoms with Crippen molar-refractivity contribution in [2.75, 3.05) is 0 Å². The molecule has 154 valence electrons. The van der Waals surface area contributed by atoms with E-state index >= 15 is 0 Å². The first kappa shape index (κ1) is 20.6. The molecule has 4 nitrogen and oxygen atoms in total. The van der Waals surface area contributed by atoms with E-state index < -0.39 is 0 Å². The van der Waals surface area contributed by atoms with Gasteiger partial charge in [-0.2, -0.15) is 0 Å². The van der Waals surface area contributed by atoms with Gasteiger partial charge in [0.05, 0.1) is 22.9 Å². The average molecular weight is 441 g/mol. The number of amides is 1. The number of rotatable bonds is 7. The zero-order valence-electron chi connectivity index (χ0n) is 16.5. The van der Waals surface area contributed by atoms with Crippen molar-refractivity contribution in [1.29, 1.82) is 0 Å². The highest BCUT2D eigenvalue weighted by molar-refractivity contribution is 6.42. The Hall–Kier alpha value is -2.69. The van der Waals surface area contributed by atoms with Crippen LogP contribution in [0.4, 0.5) is 0 Å². The fourth-order valence-electron chi connectivity index (χ4n) is 3.81. The number of para-hydroxylation sites is 1. The molecule has 0 saturated heterocycles.